The maximum Gasteiger partial charge on any atom is 0.323 e. The van der Waals surface area contributed by atoms with Crippen LogP contribution in [0, 0.1) is 17.3 Å². The molecule has 0 aromatic heterocycles. The van der Waals surface area contributed by atoms with Gasteiger partial charge in [0, 0.05) is 0 Å². The van der Waals surface area contributed by atoms with Crippen LogP contribution < -0.4 is 0 Å². The number of hydrogen-bond donors (Lipinski definition) is 0. The van der Waals surface area contributed by atoms with E-state index in [4.69, 9.17) is 9.47 Å². The molecule has 0 saturated carbocycles. The summed E-state index contributed by atoms with van der Waals surface area (Å²) >= 11 is 0. The molecular formula is C16H30O4. The monoisotopic (exact) mass is 286 g/mol. The predicted octanol–water partition coefficient (Wildman–Crippen LogP) is 3.58. The van der Waals surface area contributed by atoms with Gasteiger partial charge < -0.3 is 9.47 Å². The first kappa shape index (κ1) is 18.9. The van der Waals surface area contributed by atoms with Gasteiger partial charge in [0.2, 0.25) is 0 Å². The van der Waals surface area contributed by atoms with Gasteiger partial charge in [0.05, 0.1) is 13.2 Å². The maximum absolute atomic E-state index is 12.4. The first-order valence-corrected chi connectivity index (χ1v) is 7.64. The van der Waals surface area contributed by atoms with Crippen molar-refractivity contribution in [3.05, 3.63) is 0 Å². The van der Waals surface area contributed by atoms with Crippen molar-refractivity contribution in [2.45, 2.75) is 60.8 Å². The molecule has 0 N–H and O–H groups in total. The van der Waals surface area contributed by atoms with Gasteiger partial charge in [0.15, 0.2) is 5.41 Å². The Morgan fingerprint density at radius 3 is 1.65 bits per heavy atom. The van der Waals surface area contributed by atoms with Crippen LogP contribution in [0.25, 0.3) is 0 Å². The highest BCUT2D eigenvalue weighted by molar-refractivity contribution is 6.00. The van der Waals surface area contributed by atoms with Crippen LogP contribution in [-0.2, 0) is 19.1 Å². The SMILES string of the molecule is CCOC(=O)C(CCC(C)C)(CC(C)C)C(=O)OCC. The van der Waals surface area contributed by atoms with Gasteiger partial charge in [-0.05, 0) is 44.9 Å². The van der Waals surface area contributed by atoms with Crippen molar-refractivity contribution >= 4 is 11.9 Å². The normalized spacial score (nSPS) is 11.8. The highest BCUT2D eigenvalue weighted by atomic mass is 16.6. The van der Waals surface area contributed by atoms with E-state index in [1.165, 1.54) is 0 Å². The fourth-order valence-electron chi connectivity index (χ4n) is 2.33. The molecule has 0 bridgehead atoms. The molecule has 0 unspecified atom stereocenters. The number of ether oxygens (including phenoxy) is 2. The Hall–Kier alpha value is -1.06. The molecule has 0 saturated heterocycles. The lowest BCUT2D eigenvalue weighted by Gasteiger charge is -2.31. The second kappa shape index (κ2) is 8.98. The lowest BCUT2D eigenvalue weighted by atomic mass is 9.75. The summed E-state index contributed by atoms with van der Waals surface area (Å²) < 4.78 is 10.3. The minimum atomic E-state index is -1.15. The minimum absolute atomic E-state index is 0.218. The molecule has 0 aromatic rings. The summed E-state index contributed by atoms with van der Waals surface area (Å²) in [5, 5.41) is 0. The van der Waals surface area contributed by atoms with Gasteiger partial charge in [0.25, 0.3) is 0 Å². The van der Waals surface area contributed by atoms with Crippen molar-refractivity contribution in [3.8, 4) is 0 Å². The predicted molar refractivity (Wildman–Crippen MR) is 79.2 cm³/mol. The lowest BCUT2D eigenvalue weighted by molar-refractivity contribution is -0.174. The first-order valence-electron chi connectivity index (χ1n) is 7.64. The second-order valence-electron chi connectivity index (χ2n) is 6.05. The molecule has 0 aromatic carbocycles. The van der Waals surface area contributed by atoms with E-state index in [1.807, 2.05) is 13.8 Å². The van der Waals surface area contributed by atoms with E-state index in [2.05, 4.69) is 13.8 Å². The Morgan fingerprint density at radius 2 is 1.35 bits per heavy atom. The summed E-state index contributed by atoms with van der Waals surface area (Å²) in [5.41, 5.74) is -1.15. The quantitative estimate of drug-likeness (QED) is 0.480. The largest absolute Gasteiger partial charge is 0.465 e. The van der Waals surface area contributed by atoms with Crippen LogP contribution in [0.5, 0.6) is 0 Å². The fraction of sp³-hybridized carbons (Fsp3) is 0.875. The van der Waals surface area contributed by atoms with E-state index in [0.29, 0.717) is 18.8 Å². The summed E-state index contributed by atoms with van der Waals surface area (Å²) in [5.74, 6) is -0.234. The smallest absolute Gasteiger partial charge is 0.323 e. The molecule has 20 heavy (non-hydrogen) atoms. The number of hydrogen-bond acceptors (Lipinski definition) is 4. The fourth-order valence-corrected chi connectivity index (χ4v) is 2.33. The zero-order valence-corrected chi connectivity index (χ0v) is 13.8. The van der Waals surface area contributed by atoms with E-state index in [0.717, 1.165) is 6.42 Å². The summed E-state index contributed by atoms with van der Waals surface area (Å²) in [6.07, 6.45) is 1.75. The van der Waals surface area contributed by atoms with Crippen LogP contribution in [0.15, 0.2) is 0 Å². The van der Waals surface area contributed by atoms with Gasteiger partial charge in [-0.25, -0.2) is 0 Å². The van der Waals surface area contributed by atoms with Gasteiger partial charge >= 0.3 is 11.9 Å². The van der Waals surface area contributed by atoms with Crippen molar-refractivity contribution < 1.29 is 19.1 Å². The van der Waals surface area contributed by atoms with Gasteiger partial charge in [-0.3, -0.25) is 9.59 Å². The highest BCUT2D eigenvalue weighted by Crippen LogP contribution is 2.36. The van der Waals surface area contributed by atoms with Crippen LogP contribution in [0.1, 0.15) is 60.8 Å². The molecule has 0 rings (SSSR count). The lowest BCUT2D eigenvalue weighted by Crippen LogP contribution is -2.43. The van der Waals surface area contributed by atoms with Crippen LogP contribution >= 0.6 is 0 Å². The van der Waals surface area contributed by atoms with E-state index in [1.54, 1.807) is 13.8 Å². The molecular weight excluding hydrogens is 256 g/mol. The van der Waals surface area contributed by atoms with E-state index in [-0.39, 0.29) is 19.1 Å². The Bertz CT molecular complexity index is 290. The van der Waals surface area contributed by atoms with E-state index < -0.39 is 17.4 Å². The molecule has 0 spiro atoms. The van der Waals surface area contributed by atoms with Gasteiger partial charge in [-0.1, -0.05) is 27.7 Å². The van der Waals surface area contributed by atoms with Crippen molar-refractivity contribution in [2.75, 3.05) is 13.2 Å². The van der Waals surface area contributed by atoms with E-state index in [9.17, 15) is 9.59 Å². The average Bonchev–Trinajstić information content (AvgIpc) is 2.34. The summed E-state index contributed by atoms with van der Waals surface area (Å²) in [4.78, 5) is 24.8. The second-order valence-corrected chi connectivity index (χ2v) is 6.05. The standard InChI is InChI=1S/C16H30O4/c1-7-19-14(17)16(11-13(5)6,10-9-12(3)4)15(18)20-8-2/h12-13H,7-11H2,1-6H3. The van der Waals surface area contributed by atoms with Gasteiger partial charge in [-0.2, -0.15) is 0 Å². The summed E-state index contributed by atoms with van der Waals surface area (Å²) in [6.45, 7) is 12.2. The average molecular weight is 286 g/mol. The van der Waals surface area contributed by atoms with Crippen LogP contribution in [-0.4, -0.2) is 25.2 Å². The molecule has 0 aliphatic carbocycles. The van der Waals surface area contributed by atoms with E-state index >= 15 is 0 Å². The third kappa shape index (κ3) is 5.51. The van der Waals surface area contributed by atoms with Crippen LogP contribution in [0.3, 0.4) is 0 Å². The molecule has 0 amide bonds. The third-order valence-electron chi connectivity index (χ3n) is 3.24. The highest BCUT2D eigenvalue weighted by Gasteiger charge is 2.48. The first-order chi connectivity index (χ1) is 9.30. The Kier molecular flexibility index (Phi) is 8.51. The minimum Gasteiger partial charge on any atom is -0.465 e. The molecule has 0 radical (unpaired) electrons. The molecule has 0 atom stereocenters. The number of carbonyl (C=O) groups excluding carboxylic acids is 2. The molecule has 4 heteroatoms. The molecule has 0 fully saturated rings. The van der Waals surface area contributed by atoms with Crippen molar-refractivity contribution in [1.82, 2.24) is 0 Å². The third-order valence-corrected chi connectivity index (χ3v) is 3.24. The van der Waals surface area contributed by atoms with Crippen LogP contribution in [0.2, 0.25) is 0 Å². The number of carbonyl (C=O) groups is 2. The number of rotatable bonds is 9. The van der Waals surface area contributed by atoms with Crippen LogP contribution in [0.4, 0.5) is 0 Å². The van der Waals surface area contributed by atoms with Gasteiger partial charge in [0.1, 0.15) is 0 Å². The molecule has 0 heterocycles. The molecule has 0 aliphatic rings. The zero-order chi connectivity index (χ0) is 15.8. The summed E-state index contributed by atoms with van der Waals surface area (Å²) in [7, 11) is 0. The summed E-state index contributed by atoms with van der Waals surface area (Å²) in [6, 6.07) is 0. The number of esters is 2. The zero-order valence-electron chi connectivity index (χ0n) is 13.8. The Morgan fingerprint density at radius 1 is 0.900 bits per heavy atom. The molecule has 4 nitrogen and oxygen atoms in total. The van der Waals surface area contributed by atoms with Crippen molar-refractivity contribution in [1.29, 1.82) is 0 Å². The maximum atomic E-state index is 12.4. The van der Waals surface area contributed by atoms with Crippen molar-refractivity contribution in [3.63, 3.8) is 0 Å². The Balaban J connectivity index is 5.37. The molecule has 118 valence electrons. The topological polar surface area (TPSA) is 52.6 Å². The molecule has 0 aliphatic heterocycles. The van der Waals surface area contributed by atoms with Gasteiger partial charge in [-0.15, -0.1) is 0 Å². The van der Waals surface area contributed by atoms with Crippen molar-refractivity contribution in [2.24, 2.45) is 17.3 Å². The Labute approximate surface area is 123 Å².